The Morgan fingerprint density at radius 1 is 1.38 bits per heavy atom. The first-order chi connectivity index (χ1) is 11.6. The smallest absolute Gasteiger partial charge is 0.317 e. The third-order valence-electron chi connectivity index (χ3n) is 4.10. The maximum atomic E-state index is 12.6. The van der Waals surface area contributed by atoms with Crippen molar-refractivity contribution in [1.82, 2.24) is 20.4 Å². The van der Waals surface area contributed by atoms with Crippen molar-refractivity contribution >= 4 is 11.9 Å². The monoisotopic (exact) mass is 334 g/mol. The maximum absolute atomic E-state index is 12.6. The lowest BCUT2D eigenvalue weighted by molar-refractivity contribution is -0.125. The van der Waals surface area contributed by atoms with Crippen LogP contribution in [0.5, 0.6) is 11.5 Å². The number of carbonyl (C=O) groups excluding carboxylic acids is 2. The van der Waals surface area contributed by atoms with Gasteiger partial charge in [-0.15, -0.1) is 0 Å². The Morgan fingerprint density at radius 2 is 2.17 bits per heavy atom. The summed E-state index contributed by atoms with van der Waals surface area (Å²) in [5, 5.41) is 5.64. The van der Waals surface area contributed by atoms with Crippen molar-refractivity contribution < 1.29 is 19.1 Å². The van der Waals surface area contributed by atoms with Gasteiger partial charge in [0.25, 0.3) is 0 Å². The summed E-state index contributed by atoms with van der Waals surface area (Å²) in [6, 6.07) is 5.00. The zero-order valence-electron chi connectivity index (χ0n) is 13.9. The van der Waals surface area contributed by atoms with Crippen LogP contribution in [0.25, 0.3) is 0 Å². The molecule has 8 nitrogen and oxygen atoms in total. The first-order valence-electron chi connectivity index (χ1n) is 7.93. The molecule has 0 aromatic heterocycles. The number of amides is 3. The maximum Gasteiger partial charge on any atom is 0.317 e. The number of benzene rings is 1. The van der Waals surface area contributed by atoms with Gasteiger partial charge in [-0.05, 0) is 31.8 Å². The van der Waals surface area contributed by atoms with Crippen molar-refractivity contribution in [2.45, 2.75) is 6.04 Å². The Bertz CT molecular complexity index is 635. The number of nitrogens with zero attached hydrogens (tertiary/aromatic N) is 2. The van der Waals surface area contributed by atoms with Gasteiger partial charge >= 0.3 is 6.03 Å². The van der Waals surface area contributed by atoms with Crippen molar-refractivity contribution in [3.63, 3.8) is 0 Å². The molecule has 1 fully saturated rings. The average Bonchev–Trinajstić information content (AvgIpc) is 3.16. The van der Waals surface area contributed by atoms with Crippen molar-refractivity contribution in [3.05, 3.63) is 23.8 Å². The molecule has 1 saturated heterocycles. The van der Waals surface area contributed by atoms with Gasteiger partial charge in [0.15, 0.2) is 11.5 Å². The summed E-state index contributed by atoms with van der Waals surface area (Å²) in [7, 11) is 3.70. The van der Waals surface area contributed by atoms with Gasteiger partial charge < -0.3 is 25.0 Å². The van der Waals surface area contributed by atoms with Crippen LogP contribution in [0.2, 0.25) is 0 Å². The van der Waals surface area contributed by atoms with E-state index in [1.807, 2.05) is 37.2 Å². The highest BCUT2D eigenvalue weighted by Crippen LogP contribution is 2.35. The van der Waals surface area contributed by atoms with Crippen LogP contribution in [0, 0.1) is 0 Å². The van der Waals surface area contributed by atoms with Crippen molar-refractivity contribution in [1.29, 1.82) is 0 Å². The van der Waals surface area contributed by atoms with E-state index in [9.17, 15) is 9.59 Å². The zero-order chi connectivity index (χ0) is 17.1. The molecule has 0 spiro atoms. The Labute approximate surface area is 140 Å². The fourth-order valence-corrected chi connectivity index (χ4v) is 2.90. The molecule has 8 heteroatoms. The van der Waals surface area contributed by atoms with Gasteiger partial charge in [-0.3, -0.25) is 9.69 Å². The lowest BCUT2D eigenvalue weighted by Gasteiger charge is -2.24. The van der Waals surface area contributed by atoms with Crippen LogP contribution in [0.3, 0.4) is 0 Å². The highest BCUT2D eigenvalue weighted by atomic mass is 16.7. The number of carbonyl (C=O) groups is 2. The third kappa shape index (κ3) is 3.38. The van der Waals surface area contributed by atoms with E-state index in [-0.39, 0.29) is 18.7 Å². The van der Waals surface area contributed by atoms with Crippen molar-refractivity contribution in [2.24, 2.45) is 0 Å². The topological polar surface area (TPSA) is 83.1 Å². The average molecular weight is 334 g/mol. The van der Waals surface area contributed by atoms with Crippen molar-refractivity contribution in [2.75, 3.05) is 47.1 Å². The second-order valence-corrected chi connectivity index (χ2v) is 5.99. The summed E-state index contributed by atoms with van der Waals surface area (Å²) in [6.07, 6.45) is 0. The Hall–Kier alpha value is -2.48. The van der Waals surface area contributed by atoms with E-state index in [4.69, 9.17) is 9.47 Å². The second kappa shape index (κ2) is 6.96. The molecular weight excluding hydrogens is 312 g/mol. The molecule has 3 amide bonds. The molecule has 2 N–H and O–H groups in total. The first-order valence-corrected chi connectivity index (χ1v) is 7.93. The number of ether oxygens (including phenoxy) is 2. The molecule has 0 saturated carbocycles. The molecule has 2 aliphatic heterocycles. The Kier molecular flexibility index (Phi) is 4.75. The predicted molar refractivity (Wildman–Crippen MR) is 87.0 cm³/mol. The minimum Gasteiger partial charge on any atom is -0.454 e. The van der Waals surface area contributed by atoms with E-state index in [1.54, 1.807) is 4.90 Å². The molecule has 2 heterocycles. The molecule has 1 atom stereocenters. The van der Waals surface area contributed by atoms with E-state index in [0.717, 1.165) is 5.56 Å². The molecule has 0 radical (unpaired) electrons. The van der Waals surface area contributed by atoms with Crippen LogP contribution < -0.4 is 20.1 Å². The molecule has 130 valence electrons. The summed E-state index contributed by atoms with van der Waals surface area (Å²) in [5.74, 6) is 1.23. The highest BCUT2D eigenvalue weighted by molar-refractivity contribution is 5.83. The van der Waals surface area contributed by atoms with E-state index in [2.05, 4.69) is 10.6 Å². The molecular formula is C16H22N4O4. The number of nitrogens with one attached hydrogen (secondary N) is 2. The number of fused-ring (bicyclic) bond motifs is 1. The lowest BCUT2D eigenvalue weighted by atomic mass is 10.0. The third-order valence-corrected chi connectivity index (χ3v) is 4.10. The molecule has 1 aromatic carbocycles. The molecule has 0 bridgehead atoms. The van der Waals surface area contributed by atoms with Gasteiger partial charge in [0, 0.05) is 26.2 Å². The number of likely N-dealkylation sites (N-methyl/N-ethyl adjacent to an activating group) is 1. The molecule has 0 aliphatic carbocycles. The molecule has 1 aromatic rings. The van der Waals surface area contributed by atoms with Gasteiger partial charge in [-0.2, -0.15) is 0 Å². The minimum atomic E-state index is -0.438. The fourth-order valence-electron chi connectivity index (χ4n) is 2.90. The van der Waals surface area contributed by atoms with Crippen LogP contribution in [-0.2, 0) is 4.79 Å². The molecule has 24 heavy (non-hydrogen) atoms. The standard InChI is InChI=1S/C16H22N4O4/c1-19(2)14(11-3-4-12-13(9-11)24-10-23-12)15(21)17-5-7-20-8-6-18-16(20)22/h3-4,9,14H,5-8,10H2,1-2H3,(H,17,21)(H,18,22). The number of hydrogen-bond donors (Lipinski definition) is 2. The summed E-state index contributed by atoms with van der Waals surface area (Å²) in [6.45, 7) is 2.45. The van der Waals surface area contributed by atoms with Crippen molar-refractivity contribution in [3.8, 4) is 11.5 Å². The zero-order valence-corrected chi connectivity index (χ0v) is 13.9. The summed E-state index contributed by atoms with van der Waals surface area (Å²) in [4.78, 5) is 27.6. The normalized spacial score (nSPS) is 17.1. The van der Waals surface area contributed by atoms with E-state index < -0.39 is 6.04 Å². The number of hydrogen-bond acceptors (Lipinski definition) is 5. The van der Waals surface area contributed by atoms with Crippen LogP contribution in [0.4, 0.5) is 4.79 Å². The number of urea groups is 1. The number of rotatable bonds is 6. The van der Waals surface area contributed by atoms with Gasteiger partial charge in [0.2, 0.25) is 12.7 Å². The summed E-state index contributed by atoms with van der Waals surface area (Å²) < 4.78 is 10.7. The largest absolute Gasteiger partial charge is 0.454 e. The SMILES string of the molecule is CN(C)C(C(=O)NCCN1CCNC1=O)c1ccc2c(c1)OCO2. The minimum absolute atomic E-state index is 0.0795. The van der Waals surface area contributed by atoms with E-state index >= 15 is 0 Å². The first kappa shape index (κ1) is 16.4. The molecule has 1 unspecified atom stereocenters. The van der Waals surface area contributed by atoms with Crippen LogP contribution in [0.15, 0.2) is 18.2 Å². The molecule has 3 rings (SSSR count). The van der Waals surface area contributed by atoms with Crippen LogP contribution in [-0.4, -0.2) is 68.8 Å². The van der Waals surface area contributed by atoms with Crippen LogP contribution in [0.1, 0.15) is 11.6 Å². The van der Waals surface area contributed by atoms with Gasteiger partial charge in [-0.25, -0.2) is 4.79 Å². The molecule has 2 aliphatic rings. The fraction of sp³-hybridized carbons (Fsp3) is 0.500. The van der Waals surface area contributed by atoms with E-state index in [0.29, 0.717) is 37.7 Å². The Balaban J connectivity index is 1.62. The Morgan fingerprint density at radius 3 is 2.88 bits per heavy atom. The summed E-state index contributed by atoms with van der Waals surface area (Å²) >= 11 is 0. The lowest BCUT2D eigenvalue weighted by Crippen LogP contribution is -2.41. The predicted octanol–water partition coefficient (Wildman–Crippen LogP) is 0.159. The summed E-state index contributed by atoms with van der Waals surface area (Å²) in [5.41, 5.74) is 0.834. The van der Waals surface area contributed by atoms with Gasteiger partial charge in [-0.1, -0.05) is 6.07 Å². The van der Waals surface area contributed by atoms with Gasteiger partial charge in [0.05, 0.1) is 0 Å². The second-order valence-electron chi connectivity index (χ2n) is 5.99. The highest BCUT2D eigenvalue weighted by Gasteiger charge is 2.26. The van der Waals surface area contributed by atoms with Gasteiger partial charge in [0.1, 0.15) is 6.04 Å². The van der Waals surface area contributed by atoms with E-state index in [1.165, 1.54) is 0 Å². The van der Waals surface area contributed by atoms with Crippen LogP contribution >= 0.6 is 0 Å². The quantitative estimate of drug-likeness (QED) is 0.774.